The maximum atomic E-state index is 12.9. The minimum atomic E-state index is -1.28. The number of aliphatic hydroxyl groups is 3. The molecule has 3 aromatic carbocycles. The number of aliphatic hydroxyl groups excluding tert-OH is 3. The van der Waals surface area contributed by atoms with Gasteiger partial charge in [0.05, 0.1) is 12.2 Å². The summed E-state index contributed by atoms with van der Waals surface area (Å²) in [5.41, 5.74) is 8.72. The van der Waals surface area contributed by atoms with Crippen molar-refractivity contribution in [2.75, 3.05) is 17.2 Å². The number of rotatable bonds is 8. The summed E-state index contributed by atoms with van der Waals surface area (Å²) in [7, 11) is 0. The van der Waals surface area contributed by atoms with Gasteiger partial charge in [-0.15, -0.1) is 0 Å². The lowest BCUT2D eigenvalue weighted by atomic mass is 9.98. The minimum Gasteiger partial charge on any atom is -0.394 e. The van der Waals surface area contributed by atoms with E-state index in [-0.39, 0.29) is 17.3 Å². The van der Waals surface area contributed by atoms with Gasteiger partial charge in [-0.1, -0.05) is 36.4 Å². The molecule has 0 radical (unpaired) electrons. The highest BCUT2D eigenvalue weighted by Crippen LogP contribution is 2.33. The highest BCUT2D eigenvalue weighted by molar-refractivity contribution is 6.32. The van der Waals surface area contributed by atoms with Crippen molar-refractivity contribution in [3.8, 4) is 0 Å². The second-order valence-corrected chi connectivity index (χ2v) is 8.01. The number of primary amides is 1. The van der Waals surface area contributed by atoms with E-state index in [0.717, 1.165) is 0 Å². The van der Waals surface area contributed by atoms with Crippen molar-refractivity contribution in [2.45, 2.75) is 12.2 Å². The Balaban J connectivity index is 1.52. The molecule has 0 fully saturated rings. The number of anilines is 2. The first-order chi connectivity index (χ1) is 16.8. The summed E-state index contributed by atoms with van der Waals surface area (Å²) in [6.07, 6.45) is -0.957. The third-order valence-electron chi connectivity index (χ3n) is 5.66. The maximum absolute atomic E-state index is 12.9. The molecule has 0 bridgehead atoms. The number of benzene rings is 3. The van der Waals surface area contributed by atoms with Gasteiger partial charge < -0.3 is 31.7 Å². The molecule has 2 unspecified atom stereocenters. The van der Waals surface area contributed by atoms with Crippen LogP contribution in [0.4, 0.5) is 11.4 Å². The third-order valence-corrected chi connectivity index (χ3v) is 5.66. The standard InChI is InChI=1S/C26H23N3O6/c27-25(34)17-3-1-2-15(10-17)23(32)16-6-9-19-20(26(35)29-21(19)11-16)12-28-18-7-4-14(5-8-18)24(33)22(31)13-30/h1-12,22,24,28,30-31,33H,13H2,(H2,27,34)(H,29,35)/b20-12-. The van der Waals surface area contributed by atoms with E-state index < -0.39 is 24.7 Å². The van der Waals surface area contributed by atoms with E-state index in [4.69, 9.17) is 10.8 Å². The van der Waals surface area contributed by atoms with E-state index in [1.807, 2.05) is 0 Å². The van der Waals surface area contributed by atoms with Crippen LogP contribution in [0.2, 0.25) is 0 Å². The van der Waals surface area contributed by atoms with Gasteiger partial charge in [0.15, 0.2) is 5.78 Å². The summed E-state index contributed by atoms with van der Waals surface area (Å²) >= 11 is 0. The van der Waals surface area contributed by atoms with E-state index in [1.165, 1.54) is 18.3 Å². The Bertz CT molecular complexity index is 1330. The van der Waals surface area contributed by atoms with Crippen LogP contribution >= 0.6 is 0 Å². The van der Waals surface area contributed by atoms with Crippen molar-refractivity contribution in [1.29, 1.82) is 0 Å². The van der Waals surface area contributed by atoms with Gasteiger partial charge in [0.25, 0.3) is 5.91 Å². The predicted molar refractivity (Wildman–Crippen MR) is 130 cm³/mol. The lowest BCUT2D eigenvalue weighted by molar-refractivity contribution is -0.110. The highest BCUT2D eigenvalue weighted by Gasteiger charge is 2.25. The zero-order valence-corrected chi connectivity index (χ0v) is 18.4. The van der Waals surface area contributed by atoms with E-state index in [9.17, 15) is 24.6 Å². The average molecular weight is 473 g/mol. The molecule has 7 N–H and O–H groups in total. The lowest BCUT2D eigenvalue weighted by Crippen LogP contribution is -2.21. The molecule has 4 rings (SSSR count). The summed E-state index contributed by atoms with van der Waals surface area (Å²) in [4.78, 5) is 36.8. The summed E-state index contributed by atoms with van der Waals surface area (Å²) in [6, 6.07) is 17.5. The first-order valence-corrected chi connectivity index (χ1v) is 10.7. The minimum absolute atomic E-state index is 0.230. The van der Waals surface area contributed by atoms with Gasteiger partial charge in [0.1, 0.15) is 12.2 Å². The van der Waals surface area contributed by atoms with Gasteiger partial charge in [-0.05, 0) is 35.9 Å². The van der Waals surface area contributed by atoms with Crippen LogP contribution < -0.4 is 16.4 Å². The number of ketones is 1. The van der Waals surface area contributed by atoms with Crippen LogP contribution in [-0.4, -0.2) is 45.6 Å². The van der Waals surface area contributed by atoms with Crippen molar-refractivity contribution in [3.63, 3.8) is 0 Å². The molecule has 35 heavy (non-hydrogen) atoms. The smallest absolute Gasteiger partial charge is 0.257 e. The van der Waals surface area contributed by atoms with E-state index in [1.54, 1.807) is 54.6 Å². The lowest BCUT2D eigenvalue weighted by Gasteiger charge is -2.16. The van der Waals surface area contributed by atoms with Crippen molar-refractivity contribution < 1.29 is 29.7 Å². The fourth-order valence-electron chi connectivity index (χ4n) is 3.71. The first-order valence-electron chi connectivity index (χ1n) is 10.7. The fraction of sp³-hybridized carbons (Fsp3) is 0.115. The van der Waals surface area contributed by atoms with Crippen LogP contribution in [0.25, 0.3) is 5.57 Å². The molecule has 0 saturated carbocycles. The van der Waals surface area contributed by atoms with Crippen LogP contribution in [0, 0.1) is 0 Å². The fourth-order valence-corrected chi connectivity index (χ4v) is 3.71. The second kappa shape index (κ2) is 9.90. The Kier molecular flexibility index (Phi) is 6.74. The number of nitrogens with one attached hydrogen (secondary N) is 2. The maximum Gasteiger partial charge on any atom is 0.257 e. The molecule has 1 heterocycles. The van der Waals surface area contributed by atoms with Crippen molar-refractivity contribution in [3.05, 3.63) is 101 Å². The summed E-state index contributed by atoms with van der Waals surface area (Å²) in [6.45, 7) is -0.561. The number of amides is 2. The van der Waals surface area contributed by atoms with Crippen LogP contribution in [0.5, 0.6) is 0 Å². The molecule has 2 amide bonds. The molecule has 9 heteroatoms. The molecule has 0 spiro atoms. The van der Waals surface area contributed by atoms with Crippen LogP contribution in [0.3, 0.4) is 0 Å². The van der Waals surface area contributed by atoms with Gasteiger partial charge in [-0.3, -0.25) is 14.4 Å². The van der Waals surface area contributed by atoms with Gasteiger partial charge >= 0.3 is 0 Å². The Labute approximate surface area is 200 Å². The molecule has 178 valence electrons. The molecule has 0 aliphatic carbocycles. The molecular formula is C26H23N3O6. The Hall–Kier alpha value is -4.31. The molecule has 1 aliphatic heterocycles. The number of fused-ring (bicyclic) bond motifs is 1. The van der Waals surface area contributed by atoms with Crippen LogP contribution in [-0.2, 0) is 4.79 Å². The van der Waals surface area contributed by atoms with Crippen LogP contribution in [0.15, 0.2) is 72.9 Å². The monoisotopic (exact) mass is 473 g/mol. The Morgan fingerprint density at radius 1 is 0.971 bits per heavy atom. The van der Waals surface area contributed by atoms with Crippen LogP contribution in [0.1, 0.15) is 43.5 Å². The molecule has 2 atom stereocenters. The molecule has 9 nitrogen and oxygen atoms in total. The second-order valence-electron chi connectivity index (χ2n) is 8.01. The number of hydrogen-bond donors (Lipinski definition) is 6. The SMILES string of the molecule is NC(=O)c1cccc(C(=O)c2ccc3c(c2)NC(=O)/C3=C\Nc2ccc(C(O)C(O)CO)cc2)c1. The molecular weight excluding hydrogens is 450 g/mol. The molecule has 0 saturated heterocycles. The zero-order chi connectivity index (χ0) is 25.1. The summed E-state index contributed by atoms with van der Waals surface area (Å²) in [5.74, 6) is -1.28. The van der Waals surface area contributed by atoms with E-state index >= 15 is 0 Å². The van der Waals surface area contributed by atoms with Gasteiger partial charge in [-0.25, -0.2) is 0 Å². The number of hydrogen-bond acceptors (Lipinski definition) is 7. The summed E-state index contributed by atoms with van der Waals surface area (Å²) in [5, 5.41) is 34.2. The summed E-state index contributed by atoms with van der Waals surface area (Å²) < 4.78 is 0. The largest absolute Gasteiger partial charge is 0.394 e. The molecule has 1 aliphatic rings. The number of carbonyl (C=O) groups is 3. The first kappa shape index (κ1) is 23.8. The Morgan fingerprint density at radius 3 is 2.34 bits per heavy atom. The number of carbonyl (C=O) groups excluding carboxylic acids is 3. The van der Waals surface area contributed by atoms with Crippen molar-refractivity contribution in [1.82, 2.24) is 0 Å². The predicted octanol–water partition coefficient (Wildman–Crippen LogP) is 1.81. The van der Waals surface area contributed by atoms with E-state index in [0.29, 0.717) is 39.2 Å². The van der Waals surface area contributed by atoms with Gasteiger partial charge in [0.2, 0.25) is 5.91 Å². The number of nitrogens with two attached hydrogens (primary N) is 1. The van der Waals surface area contributed by atoms with Crippen molar-refractivity contribution >= 4 is 34.5 Å². The third kappa shape index (κ3) is 4.97. The van der Waals surface area contributed by atoms with Crippen molar-refractivity contribution in [2.24, 2.45) is 5.73 Å². The van der Waals surface area contributed by atoms with Gasteiger partial charge in [0, 0.05) is 39.8 Å². The molecule has 0 aromatic heterocycles. The highest BCUT2D eigenvalue weighted by atomic mass is 16.4. The Morgan fingerprint density at radius 2 is 1.66 bits per heavy atom. The van der Waals surface area contributed by atoms with E-state index in [2.05, 4.69) is 10.6 Å². The molecule has 3 aromatic rings. The zero-order valence-electron chi connectivity index (χ0n) is 18.4. The van der Waals surface area contributed by atoms with Gasteiger partial charge in [-0.2, -0.15) is 0 Å². The normalized spacial score (nSPS) is 15.3. The quantitative estimate of drug-likeness (QED) is 0.215. The topological polar surface area (TPSA) is 162 Å². The average Bonchev–Trinajstić information content (AvgIpc) is 3.20.